The molecule has 0 unspecified atom stereocenters. The molecule has 104 valence electrons. The minimum atomic E-state index is -1.57. The maximum absolute atomic E-state index is 11.5. The van der Waals surface area contributed by atoms with Crippen molar-refractivity contribution in [3.63, 3.8) is 0 Å². The van der Waals surface area contributed by atoms with E-state index >= 15 is 0 Å². The first-order valence-electron chi connectivity index (χ1n) is 6.63. The minimum absolute atomic E-state index is 0.128. The summed E-state index contributed by atoms with van der Waals surface area (Å²) < 4.78 is 4.97. The van der Waals surface area contributed by atoms with Crippen LogP contribution in [0.3, 0.4) is 0 Å². The largest absolute Gasteiger partial charge is 0.457 e. The molecule has 1 aromatic carbocycles. The molecule has 0 saturated carbocycles. The monoisotopic (exact) mass is 272 g/mol. The summed E-state index contributed by atoms with van der Waals surface area (Å²) >= 11 is 0. The SMILES string of the molecule is O=C1O[C@@H]2C[C@@]1(O)C=C(C=CCc1ccccc1)[C@H]2O. The summed E-state index contributed by atoms with van der Waals surface area (Å²) in [5.74, 6) is -0.673. The predicted molar refractivity (Wildman–Crippen MR) is 72.8 cm³/mol. The maximum atomic E-state index is 11.5. The van der Waals surface area contributed by atoms with Crippen molar-refractivity contribution in [3.8, 4) is 0 Å². The molecule has 3 atom stereocenters. The van der Waals surface area contributed by atoms with Gasteiger partial charge in [-0.1, -0.05) is 42.5 Å². The third-order valence-corrected chi connectivity index (χ3v) is 3.73. The van der Waals surface area contributed by atoms with E-state index in [1.165, 1.54) is 6.08 Å². The lowest BCUT2D eigenvalue weighted by molar-refractivity contribution is -0.152. The Kier molecular flexibility index (Phi) is 3.20. The van der Waals surface area contributed by atoms with E-state index in [0.717, 1.165) is 12.0 Å². The van der Waals surface area contributed by atoms with Crippen molar-refractivity contribution in [2.45, 2.75) is 30.7 Å². The van der Waals surface area contributed by atoms with Gasteiger partial charge in [-0.05, 0) is 23.6 Å². The molecule has 4 heteroatoms. The second-order valence-corrected chi connectivity index (χ2v) is 5.25. The number of aliphatic hydroxyl groups excluding tert-OH is 1. The van der Waals surface area contributed by atoms with Gasteiger partial charge < -0.3 is 14.9 Å². The number of carbonyl (C=O) groups is 1. The number of benzene rings is 1. The van der Waals surface area contributed by atoms with E-state index in [2.05, 4.69) is 0 Å². The van der Waals surface area contributed by atoms with Crippen LogP contribution >= 0.6 is 0 Å². The van der Waals surface area contributed by atoms with Crippen molar-refractivity contribution in [1.82, 2.24) is 0 Å². The Bertz CT molecular complexity index is 575. The van der Waals surface area contributed by atoms with Crippen molar-refractivity contribution >= 4 is 5.97 Å². The van der Waals surface area contributed by atoms with Gasteiger partial charge in [-0.25, -0.2) is 4.79 Å². The number of hydrogen-bond acceptors (Lipinski definition) is 4. The van der Waals surface area contributed by atoms with Crippen LogP contribution in [0.25, 0.3) is 0 Å². The third-order valence-electron chi connectivity index (χ3n) is 3.73. The van der Waals surface area contributed by atoms with Crippen LogP contribution in [0, 0.1) is 0 Å². The molecule has 0 radical (unpaired) electrons. The fourth-order valence-corrected chi connectivity index (χ4v) is 2.63. The molecule has 1 fully saturated rings. The number of rotatable bonds is 3. The van der Waals surface area contributed by atoms with Crippen LogP contribution in [0.2, 0.25) is 0 Å². The molecule has 1 aliphatic carbocycles. The molecule has 0 amide bonds. The zero-order valence-electron chi connectivity index (χ0n) is 10.9. The summed E-state index contributed by atoms with van der Waals surface area (Å²) in [6, 6.07) is 9.91. The summed E-state index contributed by atoms with van der Waals surface area (Å²) in [7, 11) is 0. The predicted octanol–water partition coefficient (Wildman–Crippen LogP) is 1.13. The van der Waals surface area contributed by atoms with Gasteiger partial charge in [0.1, 0.15) is 12.2 Å². The Labute approximate surface area is 117 Å². The number of esters is 1. The number of hydrogen-bond donors (Lipinski definition) is 2. The molecule has 2 aliphatic rings. The average Bonchev–Trinajstić information content (AvgIpc) is 2.69. The number of carbonyl (C=O) groups excluding carboxylic acids is 1. The number of ether oxygens (including phenoxy) is 1. The Morgan fingerprint density at radius 2 is 2.10 bits per heavy atom. The molecule has 2 bridgehead atoms. The standard InChI is InChI=1S/C16H16O4/c17-14-12(8-4-7-11-5-2-1-3-6-11)9-16(19)10-13(14)20-15(16)18/h1-6,8-9,13-14,17,19H,7,10H2/t13-,14-,16+/m1/s1. The van der Waals surface area contributed by atoms with Crippen LogP contribution in [-0.2, 0) is 16.0 Å². The molecule has 0 spiro atoms. The summed E-state index contributed by atoms with van der Waals surface area (Å²) in [5.41, 5.74) is 0.116. The first kappa shape index (κ1) is 13.1. The molecule has 20 heavy (non-hydrogen) atoms. The number of fused-ring (bicyclic) bond motifs is 2. The molecule has 1 aliphatic heterocycles. The van der Waals surface area contributed by atoms with Gasteiger partial charge in [-0.15, -0.1) is 0 Å². The molecule has 1 saturated heterocycles. The molecule has 2 N–H and O–H groups in total. The average molecular weight is 272 g/mol. The molecule has 1 heterocycles. The first-order valence-corrected chi connectivity index (χ1v) is 6.63. The molecular formula is C16H16O4. The van der Waals surface area contributed by atoms with Gasteiger partial charge >= 0.3 is 5.97 Å². The van der Waals surface area contributed by atoms with Crippen LogP contribution in [0.4, 0.5) is 0 Å². The second kappa shape index (κ2) is 4.89. The lowest BCUT2D eigenvalue weighted by atomic mass is 9.85. The molecule has 0 aromatic heterocycles. The normalized spacial score (nSPS) is 32.3. The van der Waals surface area contributed by atoms with E-state index in [0.29, 0.717) is 5.57 Å². The van der Waals surface area contributed by atoms with Crippen molar-refractivity contribution in [2.24, 2.45) is 0 Å². The zero-order chi connectivity index (χ0) is 14.2. The fraction of sp³-hybridized carbons (Fsp3) is 0.312. The number of allylic oxidation sites excluding steroid dienone is 1. The quantitative estimate of drug-likeness (QED) is 0.810. The van der Waals surface area contributed by atoms with Gasteiger partial charge in [-0.3, -0.25) is 0 Å². The van der Waals surface area contributed by atoms with E-state index in [1.54, 1.807) is 6.08 Å². The summed E-state index contributed by atoms with van der Waals surface area (Å²) in [6.07, 6.45) is 4.40. The van der Waals surface area contributed by atoms with Gasteiger partial charge in [0.15, 0.2) is 5.60 Å². The highest BCUT2D eigenvalue weighted by molar-refractivity contribution is 5.85. The van der Waals surface area contributed by atoms with Crippen molar-refractivity contribution < 1.29 is 19.7 Å². The minimum Gasteiger partial charge on any atom is -0.457 e. The molecule has 3 rings (SSSR count). The van der Waals surface area contributed by atoms with E-state index in [-0.39, 0.29) is 6.42 Å². The maximum Gasteiger partial charge on any atom is 0.342 e. The molecule has 4 nitrogen and oxygen atoms in total. The van der Waals surface area contributed by atoms with E-state index < -0.39 is 23.8 Å². The highest BCUT2D eigenvalue weighted by atomic mass is 16.6. The van der Waals surface area contributed by atoms with E-state index in [4.69, 9.17) is 4.74 Å². The Hall–Kier alpha value is -1.91. The third kappa shape index (κ3) is 2.28. The van der Waals surface area contributed by atoms with Crippen LogP contribution < -0.4 is 0 Å². The van der Waals surface area contributed by atoms with Gasteiger partial charge in [0, 0.05) is 6.42 Å². The Morgan fingerprint density at radius 1 is 1.35 bits per heavy atom. The first-order chi connectivity index (χ1) is 9.58. The summed E-state index contributed by atoms with van der Waals surface area (Å²) in [5, 5.41) is 20.2. The fourth-order valence-electron chi connectivity index (χ4n) is 2.63. The molecule has 1 aromatic rings. The van der Waals surface area contributed by atoms with Crippen LogP contribution in [0.5, 0.6) is 0 Å². The highest BCUT2D eigenvalue weighted by Gasteiger charge is 2.52. The second-order valence-electron chi connectivity index (χ2n) is 5.25. The molecular weight excluding hydrogens is 256 g/mol. The number of aliphatic hydroxyl groups is 2. The summed E-state index contributed by atoms with van der Waals surface area (Å²) in [4.78, 5) is 11.5. The van der Waals surface area contributed by atoms with Gasteiger partial charge in [0.05, 0.1) is 0 Å². The lowest BCUT2D eigenvalue weighted by Crippen LogP contribution is -2.37. The van der Waals surface area contributed by atoms with Crippen LogP contribution in [0.1, 0.15) is 12.0 Å². The zero-order valence-corrected chi connectivity index (χ0v) is 10.9. The van der Waals surface area contributed by atoms with Gasteiger partial charge in [-0.2, -0.15) is 0 Å². The van der Waals surface area contributed by atoms with E-state index in [1.807, 2.05) is 36.4 Å². The van der Waals surface area contributed by atoms with Crippen molar-refractivity contribution in [2.75, 3.05) is 0 Å². The van der Waals surface area contributed by atoms with Crippen molar-refractivity contribution in [3.05, 3.63) is 59.7 Å². The van der Waals surface area contributed by atoms with Crippen LogP contribution in [0.15, 0.2) is 54.1 Å². The van der Waals surface area contributed by atoms with Gasteiger partial charge in [0.2, 0.25) is 0 Å². The van der Waals surface area contributed by atoms with E-state index in [9.17, 15) is 15.0 Å². The topological polar surface area (TPSA) is 66.8 Å². The Balaban J connectivity index is 1.75. The Morgan fingerprint density at radius 3 is 2.85 bits per heavy atom. The lowest BCUT2D eigenvalue weighted by Gasteiger charge is -2.24. The van der Waals surface area contributed by atoms with Crippen LogP contribution in [-0.4, -0.2) is 34.0 Å². The van der Waals surface area contributed by atoms with Gasteiger partial charge in [0.25, 0.3) is 0 Å². The smallest absolute Gasteiger partial charge is 0.342 e. The summed E-state index contributed by atoms with van der Waals surface area (Å²) in [6.45, 7) is 0. The van der Waals surface area contributed by atoms with Crippen molar-refractivity contribution in [1.29, 1.82) is 0 Å². The highest BCUT2D eigenvalue weighted by Crippen LogP contribution is 2.37.